The maximum atomic E-state index is 12.3. The Hall–Kier alpha value is -1.41. The highest BCUT2D eigenvalue weighted by atomic mass is 28.3. The number of carbonyl (C=O) groups is 3. The van der Waals surface area contributed by atoms with Gasteiger partial charge in [0.15, 0.2) is 0 Å². The van der Waals surface area contributed by atoms with Crippen LogP contribution in [0, 0.1) is 5.92 Å². The van der Waals surface area contributed by atoms with E-state index >= 15 is 0 Å². The summed E-state index contributed by atoms with van der Waals surface area (Å²) >= 11 is 0. The quantitative estimate of drug-likeness (QED) is 0.518. The topological polar surface area (TPSA) is 108 Å². The van der Waals surface area contributed by atoms with Crippen molar-refractivity contribution in [2.75, 3.05) is 12.7 Å². The first kappa shape index (κ1) is 16.9. The number of rotatable bonds is 5. The fraction of sp³-hybridized carbons (Fsp3) is 0.786. The van der Waals surface area contributed by atoms with Crippen LogP contribution in [0.25, 0.3) is 0 Å². The first-order valence-corrected chi connectivity index (χ1v) is 11.2. The van der Waals surface area contributed by atoms with E-state index in [1.807, 2.05) is 0 Å². The van der Waals surface area contributed by atoms with Crippen LogP contribution < -0.4 is 16.0 Å². The Morgan fingerprint density at radius 2 is 2.18 bits per heavy atom. The minimum Gasteiger partial charge on any atom is -0.480 e. The number of carboxylic acid groups (broad SMARTS) is 1. The van der Waals surface area contributed by atoms with Gasteiger partial charge in [-0.25, -0.2) is 4.79 Å². The van der Waals surface area contributed by atoms with Gasteiger partial charge < -0.3 is 21.1 Å². The maximum absolute atomic E-state index is 12.3. The molecule has 22 heavy (non-hydrogen) atoms. The van der Waals surface area contributed by atoms with Crippen LogP contribution >= 0.6 is 0 Å². The van der Waals surface area contributed by atoms with Gasteiger partial charge in [0.1, 0.15) is 6.04 Å². The van der Waals surface area contributed by atoms with E-state index in [2.05, 4.69) is 29.0 Å². The third kappa shape index (κ3) is 4.29. The summed E-state index contributed by atoms with van der Waals surface area (Å²) in [7, 11) is -1.38. The molecule has 124 valence electrons. The van der Waals surface area contributed by atoms with Crippen molar-refractivity contribution in [1.29, 1.82) is 0 Å². The van der Waals surface area contributed by atoms with Crippen LogP contribution in [0.4, 0.5) is 0 Å². The van der Waals surface area contributed by atoms with Gasteiger partial charge in [-0.3, -0.25) is 9.59 Å². The van der Waals surface area contributed by atoms with E-state index in [0.717, 1.165) is 18.6 Å². The summed E-state index contributed by atoms with van der Waals surface area (Å²) in [6, 6.07) is -0.494. The predicted molar refractivity (Wildman–Crippen MR) is 84.0 cm³/mol. The molecule has 2 rings (SSSR count). The van der Waals surface area contributed by atoms with Crippen molar-refractivity contribution in [3.63, 3.8) is 0 Å². The van der Waals surface area contributed by atoms with Gasteiger partial charge in [0.05, 0.1) is 14.1 Å². The monoisotopic (exact) mass is 327 g/mol. The van der Waals surface area contributed by atoms with Crippen LogP contribution in [-0.4, -0.2) is 55.8 Å². The molecule has 0 unspecified atom stereocenters. The molecule has 2 aliphatic rings. The molecular formula is C14H25N3O4Si. The molecule has 0 aliphatic carbocycles. The fourth-order valence-corrected chi connectivity index (χ4v) is 5.50. The minimum absolute atomic E-state index is 0.112. The summed E-state index contributed by atoms with van der Waals surface area (Å²) in [5.41, 5.74) is 0. The molecule has 0 aromatic carbocycles. The maximum Gasteiger partial charge on any atom is 0.326 e. The molecule has 0 radical (unpaired) electrons. The normalized spacial score (nSPS) is 28.7. The van der Waals surface area contributed by atoms with Gasteiger partial charge in [-0.2, -0.15) is 0 Å². The standard InChI is InChI=1S/C14H25N3O4Si/c1-22(2)7-11(16-8-22)13(19)17-10(14(20)21)6-9-4-3-5-15-12(9)18/h9-11,16H,3-8H2,1-2H3,(H,15,18)(H,17,19)(H,20,21)/t9-,10-,11-/m0/s1. The first-order valence-electron chi connectivity index (χ1n) is 7.83. The fourth-order valence-electron chi connectivity index (χ4n) is 3.12. The van der Waals surface area contributed by atoms with Crippen LogP contribution in [0.15, 0.2) is 0 Å². The van der Waals surface area contributed by atoms with Crippen molar-refractivity contribution in [3.05, 3.63) is 0 Å². The molecule has 2 saturated heterocycles. The zero-order valence-corrected chi connectivity index (χ0v) is 14.1. The van der Waals surface area contributed by atoms with Crippen molar-refractivity contribution in [2.45, 2.75) is 50.5 Å². The number of aliphatic carboxylic acids is 1. The molecule has 2 heterocycles. The van der Waals surface area contributed by atoms with E-state index < -0.39 is 20.1 Å². The molecule has 2 fully saturated rings. The molecule has 3 atom stereocenters. The van der Waals surface area contributed by atoms with Crippen molar-refractivity contribution >= 4 is 25.9 Å². The van der Waals surface area contributed by atoms with Gasteiger partial charge in [0.2, 0.25) is 11.8 Å². The van der Waals surface area contributed by atoms with E-state index in [1.54, 1.807) is 0 Å². The van der Waals surface area contributed by atoms with Gasteiger partial charge in [-0.05, 0) is 31.5 Å². The summed E-state index contributed by atoms with van der Waals surface area (Å²) < 4.78 is 0. The summed E-state index contributed by atoms with van der Waals surface area (Å²) in [4.78, 5) is 35.4. The lowest BCUT2D eigenvalue weighted by Gasteiger charge is -2.25. The summed E-state index contributed by atoms with van der Waals surface area (Å²) in [5.74, 6) is -1.79. The first-order chi connectivity index (χ1) is 10.3. The zero-order valence-electron chi connectivity index (χ0n) is 13.1. The van der Waals surface area contributed by atoms with Crippen LogP contribution in [0.2, 0.25) is 19.1 Å². The molecule has 2 aliphatic heterocycles. The Morgan fingerprint density at radius 1 is 1.45 bits per heavy atom. The summed E-state index contributed by atoms with van der Waals surface area (Å²) in [6.45, 7) is 5.05. The number of nitrogens with one attached hydrogen (secondary N) is 3. The van der Waals surface area contributed by atoms with E-state index in [1.165, 1.54) is 0 Å². The molecule has 0 spiro atoms. The summed E-state index contributed by atoms with van der Waals surface area (Å²) in [6.07, 6.45) is 2.54. The van der Waals surface area contributed by atoms with E-state index in [9.17, 15) is 19.5 Å². The lowest BCUT2D eigenvalue weighted by Crippen LogP contribution is -2.50. The molecule has 0 aromatic heterocycles. The Morgan fingerprint density at radius 3 is 2.73 bits per heavy atom. The number of hydrogen-bond acceptors (Lipinski definition) is 4. The average Bonchev–Trinajstić information content (AvgIpc) is 2.80. The van der Waals surface area contributed by atoms with Crippen LogP contribution in [-0.2, 0) is 14.4 Å². The Bertz CT molecular complexity index is 469. The number of hydrogen-bond donors (Lipinski definition) is 4. The number of piperidine rings is 1. The number of carboxylic acids is 1. The Labute approximate surface area is 131 Å². The lowest BCUT2D eigenvalue weighted by atomic mass is 9.91. The molecule has 0 saturated carbocycles. The zero-order chi connectivity index (χ0) is 16.3. The molecule has 4 N–H and O–H groups in total. The average molecular weight is 327 g/mol. The van der Waals surface area contributed by atoms with Crippen molar-refractivity contribution in [2.24, 2.45) is 5.92 Å². The number of amides is 2. The second kappa shape index (κ2) is 6.78. The van der Waals surface area contributed by atoms with Crippen molar-refractivity contribution < 1.29 is 19.5 Å². The molecule has 8 heteroatoms. The highest BCUT2D eigenvalue weighted by Crippen LogP contribution is 2.20. The molecule has 2 amide bonds. The number of carbonyl (C=O) groups excluding carboxylic acids is 2. The van der Waals surface area contributed by atoms with Crippen LogP contribution in [0.3, 0.4) is 0 Å². The van der Waals surface area contributed by atoms with Gasteiger partial charge in [0.25, 0.3) is 0 Å². The molecule has 0 aromatic rings. The smallest absolute Gasteiger partial charge is 0.326 e. The van der Waals surface area contributed by atoms with Crippen molar-refractivity contribution in [3.8, 4) is 0 Å². The van der Waals surface area contributed by atoms with Gasteiger partial charge >= 0.3 is 5.97 Å². The second-order valence-electron chi connectivity index (χ2n) is 7.07. The van der Waals surface area contributed by atoms with Gasteiger partial charge in [-0.1, -0.05) is 13.1 Å². The minimum atomic E-state index is -1.38. The molecule has 0 bridgehead atoms. The molecular weight excluding hydrogens is 302 g/mol. The predicted octanol–water partition coefficient (Wildman–Crippen LogP) is -0.308. The molecule has 7 nitrogen and oxygen atoms in total. The SMILES string of the molecule is C[Si]1(C)CN[C@H](C(=O)N[C@@H](C[C@@H]2CCCNC2=O)C(=O)O)C1. The van der Waals surface area contributed by atoms with Gasteiger partial charge in [0, 0.05) is 12.5 Å². The highest BCUT2D eigenvalue weighted by molar-refractivity contribution is 6.78. The second-order valence-corrected chi connectivity index (χ2v) is 12.2. The Kier molecular flexibility index (Phi) is 5.22. The van der Waals surface area contributed by atoms with Crippen LogP contribution in [0.5, 0.6) is 0 Å². The third-order valence-corrected chi connectivity index (χ3v) is 7.11. The van der Waals surface area contributed by atoms with E-state index in [-0.39, 0.29) is 30.2 Å². The highest BCUT2D eigenvalue weighted by Gasteiger charge is 2.38. The van der Waals surface area contributed by atoms with Gasteiger partial charge in [-0.15, -0.1) is 0 Å². The van der Waals surface area contributed by atoms with Crippen molar-refractivity contribution in [1.82, 2.24) is 16.0 Å². The van der Waals surface area contributed by atoms with Crippen LogP contribution in [0.1, 0.15) is 19.3 Å². The summed E-state index contributed by atoms with van der Waals surface area (Å²) in [5, 5.41) is 17.9. The lowest BCUT2D eigenvalue weighted by molar-refractivity contribution is -0.143. The third-order valence-electron chi connectivity index (χ3n) is 4.43. The van der Waals surface area contributed by atoms with E-state index in [0.29, 0.717) is 13.0 Å². The largest absolute Gasteiger partial charge is 0.480 e. The Balaban J connectivity index is 1.92. The van der Waals surface area contributed by atoms with E-state index in [4.69, 9.17) is 0 Å².